The second-order valence-electron chi connectivity index (χ2n) is 7.21. The number of primary sulfonamides is 1. The summed E-state index contributed by atoms with van der Waals surface area (Å²) in [5.41, 5.74) is 1.80. The van der Waals surface area contributed by atoms with Crippen LogP contribution in [0.15, 0.2) is 63.7 Å². The topological polar surface area (TPSA) is 116 Å². The zero-order valence-corrected chi connectivity index (χ0v) is 19.8. The number of nitrogens with zero attached hydrogens (tertiary/aromatic N) is 1. The number of rotatable bonds is 6. The summed E-state index contributed by atoms with van der Waals surface area (Å²) in [5, 5.41) is 7.04. The lowest BCUT2D eigenvalue weighted by Crippen LogP contribution is -2.40. The Labute approximate surface area is 191 Å². The lowest BCUT2D eigenvalue weighted by Gasteiger charge is -2.36. The summed E-state index contributed by atoms with van der Waals surface area (Å²) in [6, 6.07) is 11.9. The van der Waals surface area contributed by atoms with Gasteiger partial charge in [-0.05, 0) is 65.4 Å². The van der Waals surface area contributed by atoms with E-state index in [2.05, 4.69) is 0 Å². The SMILES string of the molecule is COc1cc2c(cc1OC)[C@H](c1cccs1)N(S(=O)(=O)c1ccc(S(N)(=O)=O)cc1)CC2. The molecule has 0 spiro atoms. The first-order chi connectivity index (χ1) is 15.2. The van der Waals surface area contributed by atoms with Crippen LogP contribution in [0.25, 0.3) is 0 Å². The minimum atomic E-state index is -3.95. The molecule has 0 saturated carbocycles. The van der Waals surface area contributed by atoms with E-state index in [0.29, 0.717) is 17.9 Å². The van der Waals surface area contributed by atoms with Gasteiger partial charge in [-0.25, -0.2) is 22.0 Å². The van der Waals surface area contributed by atoms with Crippen molar-refractivity contribution in [2.24, 2.45) is 5.14 Å². The summed E-state index contributed by atoms with van der Waals surface area (Å²) in [4.78, 5) is 0.713. The van der Waals surface area contributed by atoms with E-state index in [1.54, 1.807) is 7.11 Å². The average molecular weight is 495 g/mol. The molecule has 1 aliphatic rings. The minimum absolute atomic E-state index is 0.00428. The largest absolute Gasteiger partial charge is 0.493 e. The molecule has 170 valence electrons. The highest BCUT2D eigenvalue weighted by Crippen LogP contribution is 2.44. The van der Waals surface area contributed by atoms with Crippen molar-refractivity contribution in [3.63, 3.8) is 0 Å². The third-order valence-electron chi connectivity index (χ3n) is 5.40. The van der Waals surface area contributed by atoms with Crippen molar-refractivity contribution in [1.29, 1.82) is 0 Å². The fourth-order valence-electron chi connectivity index (χ4n) is 3.86. The number of hydrogen-bond acceptors (Lipinski definition) is 7. The van der Waals surface area contributed by atoms with Crippen LogP contribution in [-0.2, 0) is 26.5 Å². The zero-order valence-electron chi connectivity index (χ0n) is 17.4. The van der Waals surface area contributed by atoms with Crippen LogP contribution < -0.4 is 14.6 Å². The molecule has 0 amide bonds. The van der Waals surface area contributed by atoms with Crippen LogP contribution >= 0.6 is 11.3 Å². The molecule has 1 aromatic heterocycles. The van der Waals surface area contributed by atoms with Gasteiger partial charge in [-0.1, -0.05) is 6.07 Å². The summed E-state index contributed by atoms with van der Waals surface area (Å²) in [5.74, 6) is 1.11. The van der Waals surface area contributed by atoms with E-state index in [4.69, 9.17) is 14.6 Å². The quantitative estimate of drug-likeness (QED) is 0.563. The fourth-order valence-corrected chi connectivity index (χ4v) is 6.88. The Bertz CT molecular complexity index is 1330. The molecule has 1 atom stereocenters. The molecule has 2 aromatic carbocycles. The lowest BCUT2D eigenvalue weighted by atomic mass is 9.92. The first-order valence-corrected chi connectivity index (χ1v) is 13.5. The molecule has 32 heavy (non-hydrogen) atoms. The molecule has 8 nitrogen and oxygen atoms in total. The van der Waals surface area contributed by atoms with Crippen LogP contribution in [0.1, 0.15) is 22.0 Å². The molecule has 11 heteroatoms. The van der Waals surface area contributed by atoms with Crippen LogP contribution in [0.5, 0.6) is 11.5 Å². The highest BCUT2D eigenvalue weighted by molar-refractivity contribution is 7.89. The molecule has 2 heterocycles. The molecular weight excluding hydrogens is 472 g/mol. The van der Waals surface area contributed by atoms with Crippen LogP contribution in [0, 0.1) is 0 Å². The van der Waals surface area contributed by atoms with Crippen molar-refractivity contribution in [3.05, 3.63) is 69.9 Å². The number of sulfonamides is 2. The van der Waals surface area contributed by atoms with Crippen molar-refractivity contribution in [2.45, 2.75) is 22.3 Å². The van der Waals surface area contributed by atoms with Crippen molar-refractivity contribution >= 4 is 31.4 Å². The number of nitrogens with two attached hydrogens (primary N) is 1. The second-order valence-corrected chi connectivity index (χ2v) is 11.6. The van der Waals surface area contributed by atoms with Crippen molar-refractivity contribution in [2.75, 3.05) is 20.8 Å². The van der Waals surface area contributed by atoms with Gasteiger partial charge >= 0.3 is 0 Å². The minimum Gasteiger partial charge on any atom is -0.493 e. The maximum Gasteiger partial charge on any atom is 0.243 e. The number of ether oxygens (including phenoxy) is 2. The van der Waals surface area contributed by atoms with Gasteiger partial charge in [0.2, 0.25) is 20.0 Å². The van der Waals surface area contributed by atoms with E-state index in [9.17, 15) is 16.8 Å². The number of fused-ring (bicyclic) bond motifs is 1. The molecule has 4 rings (SSSR count). The van der Waals surface area contributed by atoms with Gasteiger partial charge in [-0.2, -0.15) is 4.31 Å². The van der Waals surface area contributed by atoms with E-state index in [1.807, 2.05) is 29.6 Å². The number of thiophene rings is 1. The summed E-state index contributed by atoms with van der Waals surface area (Å²) < 4.78 is 62.7. The van der Waals surface area contributed by atoms with Gasteiger partial charge in [0, 0.05) is 11.4 Å². The molecule has 0 fully saturated rings. The Hall–Kier alpha value is -2.44. The summed E-state index contributed by atoms with van der Waals surface area (Å²) in [6.45, 7) is 0.254. The van der Waals surface area contributed by atoms with Crippen LogP contribution in [-0.4, -0.2) is 41.9 Å². The summed E-state index contributed by atoms with van der Waals surface area (Å²) in [6.07, 6.45) is 0.492. The number of methoxy groups -OCH3 is 2. The normalized spacial score (nSPS) is 17.0. The van der Waals surface area contributed by atoms with E-state index in [0.717, 1.165) is 16.0 Å². The Morgan fingerprint density at radius 3 is 2.16 bits per heavy atom. The second kappa shape index (κ2) is 8.49. The first kappa shape index (κ1) is 22.7. The van der Waals surface area contributed by atoms with Gasteiger partial charge in [-0.15, -0.1) is 11.3 Å². The Kier molecular flexibility index (Phi) is 6.03. The smallest absolute Gasteiger partial charge is 0.243 e. The highest BCUT2D eigenvalue weighted by atomic mass is 32.2. The number of hydrogen-bond donors (Lipinski definition) is 1. The number of benzene rings is 2. The monoisotopic (exact) mass is 494 g/mol. The zero-order chi connectivity index (χ0) is 23.1. The Morgan fingerprint density at radius 1 is 0.969 bits per heavy atom. The molecule has 0 saturated heterocycles. The summed E-state index contributed by atoms with van der Waals surface area (Å²) >= 11 is 1.46. The van der Waals surface area contributed by atoms with E-state index >= 15 is 0 Å². The third kappa shape index (κ3) is 4.02. The predicted octanol–water partition coefficient (Wildman–Crippen LogP) is 2.75. The molecule has 3 aromatic rings. The van der Waals surface area contributed by atoms with Crippen molar-refractivity contribution in [3.8, 4) is 11.5 Å². The molecule has 0 unspecified atom stereocenters. The van der Waals surface area contributed by atoms with E-state index in [-0.39, 0.29) is 16.3 Å². The van der Waals surface area contributed by atoms with Gasteiger partial charge < -0.3 is 9.47 Å². The van der Waals surface area contributed by atoms with Gasteiger partial charge in [0.25, 0.3) is 0 Å². The molecule has 2 N–H and O–H groups in total. The van der Waals surface area contributed by atoms with Gasteiger partial charge in [0.05, 0.1) is 30.1 Å². The molecule has 0 bridgehead atoms. The van der Waals surface area contributed by atoms with Crippen LogP contribution in [0.3, 0.4) is 0 Å². The van der Waals surface area contributed by atoms with Crippen LogP contribution in [0.4, 0.5) is 0 Å². The van der Waals surface area contributed by atoms with Gasteiger partial charge in [0.15, 0.2) is 11.5 Å². The molecule has 0 radical (unpaired) electrons. The Balaban J connectivity index is 1.84. The average Bonchev–Trinajstić information content (AvgIpc) is 3.31. The van der Waals surface area contributed by atoms with E-state index < -0.39 is 26.1 Å². The lowest BCUT2D eigenvalue weighted by molar-refractivity contribution is 0.334. The maximum absolute atomic E-state index is 13.6. The van der Waals surface area contributed by atoms with E-state index in [1.165, 1.54) is 47.0 Å². The third-order valence-corrected chi connectivity index (χ3v) is 9.13. The standard InChI is InChI=1S/C21H22N2O6S3/c1-28-18-12-14-9-10-23(21(20-4-3-11-30-20)17(14)13-19(18)29-2)32(26,27)16-7-5-15(6-8-16)31(22,24)25/h3-8,11-13,21H,9-10H2,1-2H3,(H2,22,24,25)/t21-/m1/s1. The fraction of sp³-hybridized carbons (Fsp3) is 0.238. The maximum atomic E-state index is 13.6. The van der Waals surface area contributed by atoms with Gasteiger partial charge in [0.1, 0.15) is 0 Å². The first-order valence-electron chi connectivity index (χ1n) is 9.59. The Morgan fingerprint density at radius 2 is 1.59 bits per heavy atom. The van der Waals surface area contributed by atoms with Gasteiger partial charge in [-0.3, -0.25) is 0 Å². The predicted molar refractivity (Wildman–Crippen MR) is 121 cm³/mol. The summed E-state index contributed by atoms with van der Waals surface area (Å²) in [7, 11) is -4.77. The van der Waals surface area contributed by atoms with Crippen molar-refractivity contribution in [1.82, 2.24) is 4.31 Å². The molecular formula is C21H22N2O6S3. The van der Waals surface area contributed by atoms with Crippen LogP contribution in [0.2, 0.25) is 0 Å². The molecule has 0 aliphatic carbocycles. The van der Waals surface area contributed by atoms with Crippen molar-refractivity contribution < 1.29 is 26.3 Å². The molecule has 1 aliphatic heterocycles. The highest BCUT2D eigenvalue weighted by Gasteiger charge is 2.38.